The lowest BCUT2D eigenvalue weighted by atomic mass is 10.1. The first-order chi connectivity index (χ1) is 11.7. The molecule has 1 saturated heterocycles. The molecule has 0 saturated carbocycles. The molecular formula is C20H25N3O. The zero-order chi connectivity index (χ0) is 16.8. The maximum absolute atomic E-state index is 12.3. The van der Waals surface area contributed by atoms with Crippen LogP contribution < -0.4 is 11.1 Å². The normalized spacial score (nSPS) is 14.7. The average molecular weight is 323 g/mol. The van der Waals surface area contributed by atoms with E-state index in [4.69, 9.17) is 5.73 Å². The fourth-order valence-corrected chi connectivity index (χ4v) is 3.12. The van der Waals surface area contributed by atoms with Crippen LogP contribution in [0.1, 0.15) is 34.3 Å². The van der Waals surface area contributed by atoms with Crippen molar-refractivity contribution in [3.8, 4) is 0 Å². The summed E-state index contributed by atoms with van der Waals surface area (Å²) >= 11 is 0. The number of carbonyl (C=O) groups is 1. The van der Waals surface area contributed by atoms with E-state index in [0.717, 1.165) is 37.3 Å². The van der Waals surface area contributed by atoms with Gasteiger partial charge in [-0.25, -0.2) is 0 Å². The molecule has 2 aromatic rings. The van der Waals surface area contributed by atoms with Crippen molar-refractivity contribution in [2.24, 2.45) is 0 Å². The van der Waals surface area contributed by atoms with Gasteiger partial charge < -0.3 is 11.1 Å². The minimum Gasteiger partial charge on any atom is -0.399 e. The fourth-order valence-electron chi connectivity index (χ4n) is 3.12. The summed E-state index contributed by atoms with van der Waals surface area (Å²) in [6.45, 7) is 3.89. The zero-order valence-electron chi connectivity index (χ0n) is 14.0. The molecule has 0 radical (unpaired) electrons. The molecule has 2 aromatic carbocycles. The number of nitrogens with one attached hydrogen (secondary N) is 1. The smallest absolute Gasteiger partial charge is 0.251 e. The van der Waals surface area contributed by atoms with Gasteiger partial charge in [0.2, 0.25) is 0 Å². The fraction of sp³-hybridized carbons (Fsp3) is 0.350. The van der Waals surface area contributed by atoms with Gasteiger partial charge in [-0.1, -0.05) is 24.3 Å². The van der Waals surface area contributed by atoms with Gasteiger partial charge in [0.25, 0.3) is 5.91 Å². The van der Waals surface area contributed by atoms with Crippen LogP contribution in [0.4, 0.5) is 5.69 Å². The molecule has 0 atom stereocenters. The molecule has 0 aliphatic carbocycles. The Balaban J connectivity index is 1.51. The van der Waals surface area contributed by atoms with E-state index in [1.807, 2.05) is 42.5 Å². The van der Waals surface area contributed by atoms with Crippen molar-refractivity contribution >= 4 is 11.6 Å². The van der Waals surface area contributed by atoms with Gasteiger partial charge in [-0.15, -0.1) is 0 Å². The number of carbonyl (C=O) groups excluding carboxylic acids is 1. The molecule has 24 heavy (non-hydrogen) atoms. The number of hydrogen-bond donors (Lipinski definition) is 2. The largest absolute Gasteiger partial charge is 0.399 e. The molecule has 1 amide bonds. The quantitative estimate of drug-likeness (QED) is 0.804. The summed E-state index contributed by atoms with van der Waals surface area (Å²) in [4.78, 5) is 14.8. The second kappa shape index (κ2) is 7.97. The van der Waals surface area contributed by atoms with Gasteiger partial charge in [-0.2, -0.15) is 0 Å². The molecule has 4 nitrogen and oxygen atoms in total. The van der Waals surface area contributed by atoms with E-state index in [-0.39, 0.29) is 5.91 Å². The van der Waals surface area contributed by atoms with Gasteiger partial charge >= 0.3 is 0 Å². The Morgan fingerprint density at radius 1 is 1.04 bits per heavy atom. The third kappa shape index (κ3) is 4.59. The highest BCUT2D eigenvalue weighted by molar-refractivity contribution is 5.94. The molecule has 0 aromatic heterocycles. The standard InChI is InChI=1S/C20H25N3O/c21-19-8-6-16(7-9-19)10-11-22-20(24)18-5-3-4-17(14-18)15-23-12-1-2-13-23/h3-9,14H,1-2,10-13,15,21H2,(H,22,24). The van der Waals surface area contributed by atoms with Crippen molar-refractivity contribution in [3.05, 3.63) is 65.2 Å². The van der Waals surface area contributed by atoms with Crippen molar-refractivity contribution < 1.29 is 4.79 Å². The summed E-state index contributed by atoms with van der Waals surface area (Å²) in [7, 11) is 0. The maximum atomic E-state index is 12.3. The van der Waals surface area contributed by atoms with Crippen LogP contribution >= 0.6 is 0 Å². The first-order valence-corrected chi connectivity index (χ1v) is 8.64. The maximum Gasteiger partial charge on any atom is 0.251 e. The van der Waals surface area contributed by atoms with Gasteiger partial charge in [0.1, 0.15) is 0 Å². The van der Waals surface area contributed by atoms with Gasteiger partial charge in [0.05, 0.1) is 0 Å². The van der Waals surface area contributed by atoms with Crippen LogP contribution in [-0.4, -0.2) is 30.4 Å². The minimum absolute atomic E-state index is 0.00582. The number of anilines is 1. The second-order valence-corrected chi connectivity index (χ2v) is 6.43. The van der Waals surface area contributed by atoms with Crippen molar-refractivity contribution in [1.29, 1.82) is 0 Å². The third-order valence-electron chi connectivity index (χ3n) is 4.47. The van der Waals surface area contributed by atoms with Crippen molar-refractivity contribution in [3.63, 3.8) is 0 Å². The molecule has 1 heterocycles. The molecule has 3 rings (SSSR count). The van der Waals surface area contributed by atoms with Crippen LogP contribution in [0.15, 0.2) is 48.5 Å². The first-order valence-electron chi connectivity index (χ1n) is 8.64. The molecule has 1 fully saturated rings. The van der Waals surface area contributed by atoms with E-state index in [9.17, 15) is 4.79 Å². The highest BCUT2D eigenvalue weighted by Gasteiger charge is 2.12. The molecule has 0 unspecified atom stereocenters. The minimum atomic E-state index is -0.00582. The first kappa shape index (κ1) is 16.5. The summed E-state index contributed by atoms with van der Waals surface area (Å²) in [5, 5.41) is 3.00. The summed E-state index contributed by atoms with van der Waals surface area (Å²) in [5.41, 5.74) is 9.56. The number of likely N-dealkylation sites (tertiary alicyclic amines) is 1. The van der Waals surface area contributed by atoms with Crippen LogP contribution in [0, 0.1) is 0 Å². The second-order valence-electron chi connectivity index (χ2n) is 6.43. The van der Waals surface area contributed by atoms with E-state index >= 15 is 0 Å². The Labute approximate surface area is 143 Å². The summed E-state index contributed by atoms with van der Waals surface area (Å²) in [6, 6.07) is 15.7. The highest BCUT2D eigenvalue weighted by Crippen LogP contribution is 2.14. The monoisotopic (exact) mass is 323 g/mol. The van der Waals surface area contributed by atoms with Gasteiger partial charge in [0.15, 0.2) is 0 Å². The van der Waals surface area contributed by atoms with Crippen LogP contribution in [0.5, 0.6) is 0 Å². The Morgan fingerprint density at radius 3 is 2.54 bits per heavy atom. The topological polar surface area (TPSA) is 58.4 Å². The Kier molecular flexibility index (Phi) is 5.49. The van der Waals surface area contributed by atoms with Crippen molar-refractivity contribution in [2.75, 3.05) is 25.4 Å². The zero-order valence-corrected chi connectivity index (χ0v) is 14.0. The lowest BCUT2D eigenvalue weighted by Crippen LogP contribution is -2.26. The predicted molar refractivity (Wildman–Crippen MR) is 97.8 cm³/mol. The van der Waals surface area contributed by atoms with Crippen LogP contribution in [-0.2, 0) is 13.0 Å². The predicted octanol–water partition coefficient (Wildman–Crippen LogP) is 2.84. The highest BCUT2D eigenvalue weighted by atomic mass is 16.1. The van der Waals surface area contributed by atoms with E-state index in [2.05, 4.69) is 16.3 Å². The number of rotatable bonds is 6. The number of benzene rings is 2. The van der Waals surface area contributed by atoms with E-state index < -0.39 is 0 Å². The SMILES string of the molecule is Nc1ccc(CCNC(=O)c2cccc(CN3CCCC3)c2)cc1. The van der Waals surface area contributed by atoms with Crippen LogP contribution in [0.25, 0.3) is 0 Å². The van der Waals surface area contributed by atoms with Gasteiger partial charge in [0, 0.05) is 24.3 Å². The van der Waals surface area contributed by atoms with Gasteiger partial charge in [-0.3, -0.25) is 9.69 Å². The lowest BCUT2D eigenvalue weighted by Gasteiger charge is -2.15. The molecule has 0 spiro atoms. The molecule has 4 heteroatoms. The molecular weight excluding hydrogens is 298 g/mol. The number of nitrogens with zero attached hydrogens (tertiary/aromatic N) is 1. The summed E-state index contributed by atoms with van der Waals surface area (Å²) < 4.78 is 0. The Morgan fingerprint density at radius 2 is 1.79 bits per heavy atom. The van der Waals surface area contributed by atoms with Crippen molar-refractivity contribution in [2.45, 2.75) is 25.8 Å². The number of nitrogen functional groups attached to an aromatic ring is 1. The summed E-state index contributed by atoms with van der Waals surface area (Å²) in [6.07, 6.45) is 3.37. The van der Waals surface area contributed by atoms with Crippen molar-refractivity contribution in [1.82, 2.24) is 10.2 Å². The lowest BCUT2D eigenvalue weighted by molar-refractivity contribution is 0.0954. The number of amides is 1. The summed E-state index contributed by atoms with van der Waals surface area (Å²) in [5.74, 6) is -0.00582. The van der Waals surface area contributed by atoms with Crippen LogP contribution in [0.3, 0.4) is 0 Å². The Bertz CT molecular complexity index is 676. The Hall–Kier alpha value is -2.33. The number of hydrogen-bond acceptors (Lipinski definition) is 3. The molecule has 0 bridgehead atoms. The van der Waals surface area contributed by atoms with E-state index in [1.54, 1.807) is 0 Å². The van der Waals surface area contributed by atoms with Crippen LogP contribution in [0.2, 0.25) is 0 Å². The third-order valence-corrected chi connectivity index (χ3v) is 4.47. The average Bonchev–Trinajstić information content (AvgIpc) is 3.10. The number of nitrogens with two attached hydrogens (primary N) is 1. The van der Waals surface area contributed by atoms with E-state index in [0.29, 0.717) is 6.54 Å². The molecule has 3 N–H and O–H groups in total. The molecule has 1 aliphatic heterocycles. The van der Waals surface area contributed by atoms with Gasteiger partial charge in [-0.05, 0) is 67.7 Å². The van der Waals surface area contributed by atoms with E-state index in [1.165, 1.54) is 24.0 Å². The molecule has 126 valence electrons. The molecule has 1 aliphatic rings.